The Morgan fingerprint density at radius 1 is 1.11 bits per heavy atom. The second kappa shape index (κ2) is 8.14. The molecular weight excluding hydrogens is 438 g/mol. The molecule has 5 heterocycles. The zero-order valence-electron chi connectivity index (χ0n) is 19.6. The van der Waals surface area contributed by atoms with Crippen LogP contribution in [0.25, 0.3) is 5.57 Å². The summed E-state index contributed by atoms with van der Waals surface area (Å²) in [4.78, 5) is 25.1. The van der Waals surface area contributed by atoms with Crippen molar-refractivity contribution >= 4 is 35.1 Å². The summed E-state index contributed by atoms with van der Waals surface area (Å²) in [5, 5.41) is 6.98. The summed E-state index contributed by atoms with van der Waals surface area (Å²) in [6, 6.07) is 9.09. The summed E-state index contributed by atoms with van der Waals surface area (Å²) in [6.45, 7) is 4.84. The predicted molar refractivity (Wildman–Crippen MR) is 139 cm³/mol. The molecule has 0 amide bonds. The number of likely N-dealkylation sites (N-methyl/N-ethyl adjacent to an activating group) is 1. The van der Waals surface area contributed by atoms with E-state index >= 15 is 0 Å². The average Bonchev–Trinajstić information content (AvgIpc) is 3.69. The molecule has 2 fully saturated rings. The quantitative estimate of drug-likeness (QED) is 0.670. The lowest BCUT2D eigenvalue weighted by Gasteiger charge is -2.34. The van der Waals surface area contributed by atoms with Gasteiger partial charge in [-0.05, 0) is 48.5 Å². The first-order valence-corrected chi connectivity index (χ1v) is 12.1. The SMILES string of the molecule is CN1CCN(c2cccc(Nc3ncc4c(n3)C3N[C@H]3C=C4C3=CN4CN=CN=C4C=C3)c2)CC1. The summed E-state index contributed by atoms with van der Waals surface area (Å²) in [5.74, 6) is 1.54. The van der Waals surface area contributed by atoms with E-state index < -0.39 is 0 Å². The van der Waals surface area contributed by atoms with E-state index in [-0.39, 0.29) is 6.04 Å². The summed E-state index contributed by atoms with van der Waals surface area (Å²) in [5.41, 5.74) is 6.63. The third-order valence-corrected chi connectivity index (χ3v) is 7.16. The number of rotatable bonds is 4. The fourth-order valence-electron chi connectivity index (χ4n) is 5.09. The molecule has 1 aliphatic carbocycles. The van der Waals surface area contributed by atoms with Crippen LogP contribution >= 0.6 is 0 Å². The Hall–Kier alpha value is -3.82. The van der Waals surface area contributed by atoms with Gasteiger partial charge in [-0.1, -0.05) is 12.1 Å². The molecule has 2 aromatic rings. The molecule has 35 heavy (non-hydrogen) atoms. The van der Waals surface area contributed by atoms with Gasteiger partial charge < -0.3 is 20.0 Å². The van der Waals surface area contributed by atoms with Gasteiger partial charge in [-0.25, -0.2) is 15.0 Å². The van der Waals surface area contributed by atoms with Crippen molar-refractivity contribution in [2.24, 2.45) is 9.98 Å². The minimum absolute atomic E-state index is 0.249. The van der Waals surface area contributed by atoms with Gasteiger partial charge in [0.25, 0.3) is 0 Å². The normalized spacial score (nSPS) is 24.7. The lowest BCUT2D eigenvalue weighted by Crippen LogP contribution is -2.44. The topological polar surface area (TPSA) is 94.2 Å². The molecule has 0 radical (unpaired) electrons. The van der Waals surface area contributed by atoms with Crippen LogP contribution in [-0.4, -0.2) is 77.9 Å². The van der Waals surface area contributed by atoms with Gasteiger partial charge in [-0.2, -0.15) is 0 Å². The molecule has 7 rings (SSSR count). The van der Waals surface area contributed by atoms with Crippen molar-refractivity contribution in [3.63, 3.8) is 0 Å². The molecule has 9 heteroatoms. The number of hydrogen-bond donors (Lipinski definition) is 2. The lowest BCUT2D eigenvalue weighted by atomic mass is 9.90. The van der Waals surface area contributed by atoms with Crippen LogP contribution in [0.3, 0.4) is 0 Å². The van der Waals surface area contributed by atoms with Crippen LogP contribution in [-0.2, 0) is 0 Å². The zero-order chi connectivity index (χ0) is 23.4. The van der Waals surface area contributed by atoms with Gasteiger partial charge in [-0.3, -0.25) is 10.3 Å². The molecule has 1 aromatic carbocycles. The van der Waals surface area contributed by atoms with Crippen molar-refractivity contribution in [3.8, 4) is 0 Å². The van der Waals surface area contributed by atoms with Crippen molar-refractivity contribution < 1.29 is 0 Å². The summed E-state index contributed by atoms with van der Waals surface area (Å²) >= 11 is 0. The molecule has 0 bridgehead atoms. The number of amidine groups is 1. The molecule has 4 aliphatic heterocycles. The molecule has 1 unspecified atom stereocenters. The second-order valence-electron chi connectivity index (χ2n) is 9.52. The Bertz CT molecular complexity index is 1330. The van der Waals surface area contributed by atoms with E-state index in [1.54, 1.807) is 6.34 Å². The van der Waals surface area contributed by atoms with Gasteiger partial charge in [-0.15, -0.1) is 0 Å². The minimum atomic E-state index is 0.249. The Kier molecular flexibility index (Phi) is 4.78. The van der Waals surface area contributed by atoms with E-state index in [0.29, 0.717) is 18.7 Å². The Labute approximate surface area is 204 Å². The molecule has 9 nitrogen and oxygen atoms in total. The molecule has 2 atom stereocenters. The first-order chi connectivity index (χ1) is 17.2. The smallest absolute Gasteiger partial charge is 0.227 e. The molecule has 1 aromatic heterocycles. The highest BCUT2D eigenvalue weighted by Crippen LogP contribution is 2.43. The Morgan fingerprint density at radius 3 is 2.94 bits per heavy atom. The maximum Gasteiger partial charge on any atom is 0.227 e. The highest BCUT2D eigenvalue weighted by atomic mass is 15.3. The Morgan fingerprint density at radius 2 is 2.03 bits per heavy atom. The van der Waals surface area contributed by atoms with E-state index in [0.717, 1.165) is 60.1 Å². The number of aliphatic imine (C=N–C) groups is 2. The largest absolute Gasteiger partial charge is 0.369 e. The number of benzene rings is 1. The van der Waals surface area contributed by atoms with Crippen LogP contribution in [0.15, 0.2) is 70.4 Å². The van der Waals surface area contributed by atoms with Gasteiger partial charge in [0.15, 0.2) is 0 Å². The van der Waals surface area contributed by atoms with Crippen LogP contribution in [0.1, 0.15) is 17.3 Å². The number of aromatic nitrogens is 2. The van der Waals surface area contributed by atoms with E-state index in [4.69, 9.17) is 9.97 Å². The van der Waals surface area contributed by atoms with Crippen molar-refractivity contribution in [2.45, 2.75) is 12.1 Å². The van der Waals surface area contributed by atoms with E-state index in [9.17, 15) is 0 Å². The highest BCUT2D eigenvalue weighted by Gasteiger charge is 2.43. The first kappa shape index (κ1) is 20.5. The maximum absolute atomic E-state index is 4.95. The molecule has 0 saturated carbocycles. The van der Waals surface area contributed by atoms with Crippen LogP contribution in [0.2, 0.25) is 0 Å². The highest BCUT2D eigenvalue weighted by molar-refractivity contribution is 6.02. The monoisotopic (exact) mass is 465 g/mol. The van der Waals surface area contributed by atoms with Crippen molar-refractivity contribution in [3.05, 3.63) is 71.7 Å². The second-order valence-corrected chi connectivity index (χ2v) is 9.52. The van der Waals surface area contributed by atoms with Crippen LogP contribution < -0.4 is 15.5 Å². The Balaban J connectivity index is 1.14. The number of hydrogen-bond acceptors (Lipinski definition) is 9. The molecule has 0 spiro atoms. The number of anilines is 3. The number of piperazine rings is 1. The maximum atomic E-state index is 4.95. The van der Waals surface area contributed by atoms with E-state index in [1.165, 1.54) is 5.69 Å². The fourth-order valence-corrected chi connectivity index (χ4v) is 5.09. The van der Waals surface area contributed by atoms with Crippen molar-refractivity contribution in [1.29, 1.82) is 0 Å². The van der Waals surface area contributed by atoms with Crippen LogP contribution in [0.4, 0.5) is 17.3 Å². The third kappa shape index (κ3) is 3.82. The number of nitrogens with one attached hydrogen (secondary N) is 2. The molecule has 5 aliphatic rings. The van der Waals surface area contributed by atoms with E-state index in [1.807, 2.05) is 12.3 Å². The summed E-state index contributed by atoms with van der Waals surface area (Å²) < 4.78 is 0. The summed E-state index contributed by atoms with van der Waals surface area (Å²) in [6.07, 6.45) is 12.1. The average molecular weight is 466 g/mol. The molecular formula is C26H27N9. The van der Waals surface area contributed by atoms with Gasteiger partial charge in [0.1, 0.15) is 18.8 Å². The number of fused-ring (bicyclic) bond motifs is 4. The van der Waals surface area contributed by atoms with Crippen LogP contribution in [0.5, 0.6) is 0 Å². The van der Waals surface area contributed by atoms with Crippen molar-refractivity contribution in [1.82, 2.24) is 25.1 Å². The molecule has 176 valence electrons. The fraction of sp³-hybridized carbons (Fsp3) is 0.308. The standard InChI is InChI=1S/C26H27N9/c1-33-7-9-34(10-8-33)19-4-2-3-18(11-19)30-26-28-13-21-20(12-22-25(31-22)24(21)32-26)17-5-6-23-29-15-27-16-35(23)14-17/h2-6,11-15,22,25,31H,7-10,16H2,1H3,(H,28,30,32)/t22-,25?/m0/s1. The van der Waals surface area contributed by atoms with Gasteiger partial charge in [0.2, 0.25) is 5.95 Å². The third-order valence-electron chi connectivity index (χ3n) is 7.16. The minimum Gasteiger partial charge on any atom is -0.369 e. The van der Waals surface area contributed by atoms with E-state index in [2.05, 4.69) is 85.0 Å². The summed E-state index contributed by atoms with van der Waals surface area (Å²) in [7, 11) is 2.18. The van der Waals surface area contributed by atoms with Crippen molar-refractivity contribution in [2.75, 3.05) is 50.1 Å². The zero-order valence-corrected chi connectivity index (χ0v) is 19.6. The molecule has 2 saturated heterocycles. The number of allylic oxidation sites excluding steroid dienone is 3. The first-order valence-electron chi connectivity index (χ1n) is 12.1. The number of nitrogens with zero attached hydrogens (tertiary/aromatic N) is 7. The van der Waals surface area contributed by atoms with Gasteiger partial charge >= 0.3 is 0 Å². The predicted octanol–water partition coefficient (Wildman–Crippen LogP) is 2.54. The molecule has 2 N–H and O–H groups in total. The van der Waals surface area contributed by atoms with Gasteiger partial charge in [0, 0.05) is 61.6 Å². The van der Waals surface area contributed by atoms with Crippen LogP contribution in [0, 0.1) is 0 Å². The lowest BCUT2D eigenvalue weighted by molar-refractivity contribution is 0.313. The van der Waals surface area contributed by atoms with Gasteiger partial charge in [0.05, 0.1) is 11.7 Å².